The second-order valence-electron chi connectivity index (χ2n) is 8.49. The van der Waals surface area contributed by atoms with Crippen molar-refractivity contribution >= 4 is 48.8 Å². The van der Waals surface area contributed by atoms with Gasteiger partial charge in [-0.25, -0.2) is 0 Å². The Bertz CT molecular complexity index is 1300. The molecule has 0 aliphatic carbocycles. The number of nitrogens with two attached hydrogens (primary N) is 1. The van der Waals surface area contributed by atoms with Gasteiger partial charge < -0.3 is 5.73 Å². The molecule has 0 aliphatic heterocycles. The maximum absolute atomic E-state index is 6.34. The molecule has 0 fully saturated rings. The van der Waals surface area contributed by atoms with Gasteiger partial charge in [-0.05, 0) is 73.6 Å². The number of nitrogen functional groups attached to an aromatic ring is 1. The van der Waals surface area contributed by atoms with Crippen LogP contribution in [0.5, 0.6) is 0 Å². The van der Waals surface area contributed by atoms with Gasteiger partial charge in [0.25, 0.3) is 0 Å². The molecule has 0 spiro atoms. The molecule has 1 heteroatoms. The predicted molar refractivity (Wildman–Crippen MR) is 129 cm³/mol. The van der Waals surface area contributed by atoms with Gasteiger partial charge in [0.15, 0.2) is 0 Å². The number of benzene rings is 5. The minimum Gasteiger partial charge on any atom is -0.399 e. The molecule has 0 bridgehead atoms. The molecule has 2 N–H and O–H groups in total. The molecular formula is C28H29N. The lowest BCUT2D eigenvalue weighted by atomic mass is 9.86. The Morgan fingerprint density at radius 3 is 2.17 bits per heavy atom. The van der Waals surface area contributed by atoms with Crippen LogP contribution in [0.2, 0.25) is 0 Å². The summed E-state index contributed by atoms with van der Waals surface area (Å²) in [6.07, 6.45) is 9.12. The molecule has 0 atom stereocenters. The van der Waals surface area contributed by atoms with Crippen LogP contribution in [0.25, 0.3) is 43.1 Å². The van der Waals surface area contributed by atoms with E-state index in [4.69, 9.17) is 5.73 Å². The Morgan fingerprint density at radius 2 is 1.34 bits per heavy atom. The van der Waals surface area contributed by atoms with Crippen molar-refractivity contribution in [2.75, 3.05) is 5.73 Å². The first-order valence-electron chi connectivity index (χ1n) is 11.2. The van der Waals surface area contributed by atoms with E-state index in [2.05, 4.69) is 67.6 Å². The summed E-state index contributed by atoms with van der Waals surface area (Å²) in [5.41, 5.74) is 8.67. The molecule has 5 aromatic rings. The Labute approximate surface area is 172 Å². The summed E-state index contributed by atoms with van der Waals surface area (Å²) in [6, 6.07) is 22.3. The van der Waals surface area contributed by atoms with Crippen LogP contribution < -0.4 is 5.73 Å². The van der Waals surface area contributed by atoms with Crippen LogP contribution in [-0.4, -0.2) is 0 Å². The zero-order valence-electron chi connectivity index (χ0n) is 17.3. The first kappa shape index (κ1) is 18.2. The van der Waals surface area contributed by atoms with Gasteiger partial charge in [-0.3, -0.25) is 0 Å². The third-order valence-corrected chi connectivity index (χ3v) is 6.49. The number of hydrogen-bond donors (Lipinski definition) is 1. The van der Waals surface area contributed by atoms with Gasteiger partial charge in [0, 0.05) is 5.69 Å². The normalized spacial score (nSPS) is 12.0. The van der Waals surface area contributed by atoms with E-state index in [1.54, 1.807) is 0 Å². The van der Waals surface area contributed by atoms with Gasteiger partial charge in [0.05, 0.1) is 0 Å². The van der Waals surface area contributed by atoms with E-state index in [0.717, 1.165) is 12.1 Å². The fourth-order valence-corrected chi connectivity index (χ4v) is 5.13. The molecule has 146 valence electrons. The molecule has 0 heterocycles. The molecule has 0 aromatic heterocycles. The lowest BCUT2D eigenvalue weighted by Crippen LogP contribution is -1.94. The van der Waals surface area contributed by atoms with Crippen molar-refractivity contribution in [3.63, 3.8) is 0 Å². The number of rotatable bonds is 7. The Hall–Kier alpha value is -2.80. The molecule has 0 radical (unpaired) electrons. The van der Waals surface area contributed by atoms with Crippen LogP contribution in [0.1, 0.15) is 51.0 Å². The van der Waals surface area contributed by atoms with E-state index in [-0.39, 0.29) is 0 Å². The SMILES string of the molecule is CCCCCCCCc1ccc2cccc3c4cccc5cc(N)cc(c1c23)c54. The van der Waals surface area contributed by atoms with E-state index in [0.29, 0.717) is 0 Å². The lowest BCUT2D eigenvalue weighted by molar-refractivity contribution is 0.608. The van der Waals surface area contributed by atoms with Crippen LogP contribution in [-0.2, 0) is 6.42 Å². The topological polar surface area (TPSA) is 26.0 Å². The summed E-state index contributed by atoms with van der Waals surface area (Å²) in [4.78, 5) is 0. The van der Waals surface area contributed by atoms with Crippen molar-refractivity contribution in [3.8, 4) is 0 Å². The highest BCUT2D eigenvalue weighted by molar-refractivity contribution is 6.33. The summed E-state index contributed by atoms with van der Waals surface area (Å²) >= 11 is 0. The summed E-state index contributed by atoms with van der Waals surface area (Å²) in [6.45, 7) is 2.28. The van der Waals surface area contributed by atoms with Crippen molar-refractivity contribution < 1.29 is 0 Å². The molecule has 5 rings (SSSR count). The molecular weight excluding hydrogens is 350 g/mol. The maximum atomic E-state index is 6.34. The van der Waals surface area contributed by atoms with Gasteiger partial charge in [-0.1, -0.05) is 87.6 Å². The zero-order valence-corrected chi connectivity index (χ0v) is 17.3. The average Bonchev–Trinajstić information content (AvgIpc) is 2.74. The van der Waals surface area contributed by atoms with Gasteiger partial charge in [0.1, 0.15) is 0 Å². The highest BCUT2D eigenvalue weighted by atomic mass is 14.5. The van der Waals surface area contributed by atoms with E-state index in [1.165, 1.54) is 87.2 Å². The summed E-state index contributed by atoms with van der Waals surface area (Å²) in [5, 5.41) is 10.8. The highest BCUT2D eigenvalue weighted by Crippen LogP contribution is 2.42. The van der Waals surface area contributed by atoms with Crippen molar-refractivity contribution in [2.45, 2.75) is 51.9 Å². The summed E-state index contributed by atoms with van der Waals surface area (Å²) in [7, 11) is 0. The molecule has 0 saturated heterocycles. The molecule has 0 aliphatic rings. The third kappa shape index (κ3) is 3.09. The van der Waals surface area contributed by atoms with Crippen LogP contribution in [0.4, 0.5) is 5.69 Å². The third-order valence-electron chi connectivity index (χ3n) is 6.49. The first-order chi connectivity index (χ1) is 14.3. The van der Waals surface area contributed by atoms with Crippen molar-refractivity contribution in [2.24, 2.45) is 0 Å². The lowest BCUT2D eigenvalue weighted by Gasteiger charge is -2.18. The molecule has 1 nitrogen and oxygen atoms in total. The van der Waals surface area contributed by atoms with E-state index < -0.39 is 0 Å². The smallest absolute Gasteiger partial charge is 0.0326 e. The monoisotopic (exact) mass is 379 g/mol. The Morgan fingerprint density at radius 1 is 0.621 bits per heavy atom. The fourth-order valence-electron chi connectivity index (χ4n) is 5.13. The Balaban J connectivity index is 1.71. The van der Waals surface area contributed by atoms with Crippen molar-refractivity contribution in [1.82, 2.24) is 0 Å². The second-order valence-corrected chi connectivity index (χ2v) is 8.49. The van der Waals surface area contributed by atoms with E-state index in [9.17, 15) is 0 Å². The van der Waals surface area contributed by atoms with Crippen LogP contribution in [0.3, 0.4) is 0 Å². The molecule has 0 amide bonds. The van der Waals surface area contributed by atoms with Crippen LogP contribution in [0.15, 0.2) is 60.7 Å². The number of unbranched alkanes of at least 4 members (excludes halogenated alkanes) is 5. The predicted octanol–water partition coefficient (Wildman–Crippen LogP) is 8.22. The zero-order chi connectivity index (χ0) is 19.8. The number of fused-ring (bicyclic) bond motifs is 2. The van der Waals surface area contributed by atoms with E-state index >= 15 is 0 Å². The largest absolute Gasteiger partial charge is 0.399 e. The van der Waals surface area contributed by atoms with Gasteiger partial charge >= 0.3 is 0 Å². The maximum Gasteiger partial charge on any atom is 0.0326 e. The fraction of sp³-hybridized carbons (Fsp3) is 0.286. The quantitative estimate of drug-likeness (QED) is 0.131. The minimum atomic E-state index is 0.853. The Kier molecular flexibility index (Phi) is 4.75. The summed E-state index contributed by atoms with van der Waals surface area (Å²) < 4.78 is 0. The molecule has 0 unspecified atom stereocenters. The average molecular weight is 380 g/mol. The van der Waals surface area contributed by atoms with Crippen molar-refractivity contribution in [3.05, 3.63) is 66.2 Å². The van der Waals surface area contributed by atoms with Gasteiger partial charge in [-0.15, -0.1) is 0 Å². The minimum absolute atomic E-state index is 0.853. The molecule has 0 saturated carbocycles. The number of aryl methyl sites for hydroxylation is 1. The molecule has 5 aromatic carbocycles. The molecule has 29 heavy (non-hydrogen) atoms. The highest BCUT2D eigenvalue weighted by Gasteiger charge is 2.15. The standard InChI is InChI=1S/C28H29N/c1-2-3-4-5-6-7-10-19-15-16-20-11-8-14-24-23-13-9-12-21-17-22(29)18-25(26(21)23)28(19)27(20)24/h8-9,11-18H,2-7,10,29H2,1H3. The number of hydrogen-bond acceptors (Lipinski definition) is 1. The van der Waals surface area contributed by atoms with Crippen LogP contribution >= 0.6 is 0 Å². The first-order valence-corrected chi connectivity index (χ1v) is 11.2. The van der Waals surface area contributed by atoms with Gasteiger partial charge in [-0.2, -0.15) is 0 Å². The summed E-state index contributed by atoms with van der Waals surface area (Å²) in [5.74, 6) is 0. The van der Waals surface area contributed by atoms with Gasteiger partial charge in [0.2, 0.25) is 0 Å². The second kappa shape index (κ2) is 7.55. The van der Waals surface area contributed by atoms with Crippen molar-refractivity contribution in [1.29, 1.82) is 0 Å². The number of anilines is 1. The van der Waals surface area contributed by atoms with Crippen LogP contribution in [0, 0.1) is 0 Å². The van der Waals surface area contributed by atoms with E-state index in [1.807, 2.05) is 0 Å².